The molecule has 0 radical (unpaired) electrons. The first-order valence-corrected chi connectivity index (χ1v) is 4.70. The molecule has 0 N–H and O–H groups in total. The van der Waals surface area contributed by atoms with Gasteiger partial charge in [0.15, 0.2) is 0 Å². The Morgan fingerprint density at radius 2 is 2.31 bits per heavy atom. The van der Waals surface area contributed by atoms with Gasteiger partial charge in [-0.1, -0.05) is 0 Å². The minimum absolute atomic E-state index is 0.385. The molecule has 0 spiro atoms. The summed E-state index contributed by atoms with van der Waals surface area (Å²) in [5.74, 6) is 0.385. The van der Waals surface area contributed by atoms with Crippen molar-refractivity contribution >= 4 is 22.6 Å². The zero-order chi connectivity index (χ0) is 9.84. The van der Waals surface area contributed by atoms with Gasteiger partial charge in [0.2, 0.25) is 0 Å². The SMILES string of the molecule is Cc1ncc(OCC(F)F)cc1I. The molecule has 0 saturated carbocycles. The van der Waals surface area contributed by atoms with Gasteiger partial charge in [-0.05, 0) is 35.6 Å². The van der Waals surface area contributed by atoms with Crippen molar-refractivity contribution in [2.45, 2.75) is 13.3 Å². The third-order valence-corrected chi connectivity index (χ3v) is 2.47. The lowest BCUT2D eigenvalue weighted by Gasteiger charge is -2.05. The Morgan fingerprint density at radius 1 is 1.62 bits per heavy atom. The maximum Gasteiger partial charge on any atom is 0.272 e. The first kappa shape index (κ1) is 10.6. The van der Waals surface area contributed by atoms with Crippen LogP contribution in [0.25, 0.3) is 0 Å². The molecular weight excluding hydrogens is 291 g/mol. The Labute approximate surface area is 88.5 Å². The van der Waals surface area contributed by atoms with Gasteiger partial charge in [0.1, 0.15) is 12.4 Å². The van der Waals surface area contributed by atoms with E-state index in [1.54, 1.807) is 6.07 Å². The maximum absolute atomic E-state index is 11.8. The van der Waals surface area contributed by atoms with Gasteiger partial charge in [0.25, 0.3) is 6.43 Å². The van der Waals surface area contributed by atoms with E-state index < -0.39 is 13.0 Å². The van der Waals surface area contributed by atoms with Crippen molar-refractivity contribution in [1.82, 2.24) is 4.98 Å². The van der Waals surface area contributed by atoms with Crippen LogP contribution < -0.4 is 4.74 Å². The van der Waals surface area contributed by atoms with Crippen LogP contribution in [0.5, 0.6) is 5.75 Å². The molecule has 1 heterocycles. The molecule has 0 fully saturated rings. The van der Waals surface area contributed by atoms with Crippen LogP contribution in [-0.2, 0) is 0 Å². The highest BCUT2D eigenvalue weighted by atomic mass is 127. The van der Waals surface area contributed by atoms with Gasteiger partial charge in [-0.25, -0.2) is 8.78 Å². The molecule has 0 aliphatic rings. The van der Waals surface area contributed by atoms with E-state index >= 15 is 0 Å². The van der Waals surface area contributed by atoms with E-state index in [0.717, 1.165) is 9.26 Å². The van der Waals surface area contributed by atoms with Crippen LogP contribution in [-0.4, -0.2) is 18.0 Å². The second-order valence-electron chi connectivity index (χ2n) is 2.44. The van der Waals surface area contributed by atoms with E-state index in [-0.39, 0.29) is 0 Å². The Hall–Kier alpha value is -0.460. The van der Waals surface area contributed by atoms with E-state index in [2.05, 4.69) is 27.6 Å². The zero-order valence-electron chi connectivity index (χ0n) is 6.93. The number of hydrogen-bond donors (Lipinski definition) is 0. The van der Waals surface area contributed by atoms with Crippen LogP contribution >= 0.6 is 22.6 Å². The van der Waals surface area contributed by atoms with Gasteiger partial charge in [-0.3, -0.25) is 4.98 Å². The highest BCUT2D eigenvalue weighted by Gasteiger charge is 2.04. The zero-order valence-corrected chi connectivity index (χ0v) is 9.09. The van der Waals surface area contributed by atoms with Gasteiger partial charge in [-0.15, -0.1) is 0 Å². The topological polar surface area (TPSA) is 22.1 Å². The number of rotatable bonds is 3. The molecule has 2 nitrogen and oxygen atoms in total. The molecule has 0 aliphatic heterocycles. The molecule has 1 rings (SSSR count). The van der Waals surface area contributed by atoms with Crippen LogP contribution in [0.1, 0.15) is 5.69 Å². The molecule has 0 unspecified atom stereocenters. The number of nitrogens with zero attached hydrogens (tertiary/aromatic N) is 1. The number of ether oxygens (including phenoxy) is 1. The molecule has 0 aromatic carbocycles. The summed E-state index contributed by atoms with van der Waals surface area (Å²) in [5, 5.41) is 0. The Kier molecular flexibility index (Phi) is 3.83. The predicted molar refractivity (Wildman–Crippen MR) is 53.2 cm³/mol. The molecule has 72 valence electrons. The van der Waals surface area contributed by atoms with Gasteiger partial charge >= 0.3 is 0 Å². The standard InChI is InChI=1S/C8H8F2INO/c1-5-7(11)2-6(3-12-5)13-4-8(9)10/h2-3,8H,4H2,1H3. The van der Waals surface area contributed by atoms with Crippen LogP contribution in [0.15, 0.2) is 12.3 Å². The summed E-state index contributed by atoms with van der Waals surface area (Å²) < 4.78 is 29.2. The van der Waals surface area contributed by atoms with Crippen molar-refractivity contribution in [3.63, 3.8) is 0 Å². The highest BCUT2D eigenvalue weighted by Crippen LogP contribution is 2.16. The number of pyridine rings is 1. The molecule has 0 amide bonds. The lowest BCUT2D eigenvalue weighted by Crippen LogP contribution is -2.07. The minimum atomic E-state index is -2.45. The van der Waals surface area contributed by atoms with Gasteiger partial charge in [-0.2, -0.15) is 0 Å². The Balaban J connectivity index is 2.63. The number of aryl methyl sites for hydroxylation is 1. The number of alkyl halides is 2. The molecule has 5 heteroatoms. The van der Waals surface area contributed by atoms with Gasteiger partial charge < -0.3 is 4.74 Å². The fourth-order valence-electron chi connectivity index (χ4n) is 0.727. The molecule has 0 aliphatic carbocycles. The third-order valence-electron chi connectivity index (χ3n) is 1.38. The summed E-state index contributed by atoms with van der Waals surface area (Å²) in [6.45, 7) is 1.26. The average Bonchev–Trinajstić information content (AvgIpc) is 2.07. The average molecular weight is 299 g/mol. The van der Waals surface area contributed by atoms with Crippen molar-refractivity contribution in [2.75, 3.05) is 6.61 Å². The Bertz CT molecular complexity index is 293. The molecule has 1 aromatic heterocycles. The maximum atomic E-state index is 11.8. The smallest absolute Gasteiger partial charge is 0.272 e. The van der Waals surface area contributed by atoms with Crippen LogP contribution in [0.4, 0.5) is 8.78 Å². The normalized spacial score (nSPS) is 10.5. The van der Waals surface area contributed by atoms with E-state index in [0.29, 0.717) is 5.75 Å². The monoisotopic (exact) mass is 299 g/mol. The molecule has 0 atom stereocenters. The van der Waals surface area contributed by atoms with Crippen molar-refractivity contribution in [1.29, 1.82) is 0 Å². The summed E-state index contributed by atoms with van der Waals surface area (Å²) in [7, 11) is 0. The van der Waals surface area contributed by atoms with Crippen molar-refractivity contribution in [2.24, 2.45) is 0 Å². The van der Waals surface area contributed by atoms with Crippen LogP contribution in [0.3, 0.4) is 0 Å². The minimum Gasteiger partial charge on any atom is -0.486 e. The fourth-order valence-corrected chi connectivity index (χ4v) is 1.17. The first-order valence-electron chi connectivity index (χ1n) is 3.62. The number of aromatic nitrogens is 1. The van der Waals surface area contributed by atoms with E-state index in [4.69, 9.17) is 4.74 Å². The second kappa shape index (κ2) is 4.69. The first-order chi connectivity index (χ1) is 6.09. The lowest BCUT2D eigenvalue weighted by atomic mass is 10.4. The van der Waals surface area contributed by atoms with Crippen molar-refractivity contribution in [3.05, 3.63) is 21.5 Å². The molecule has 0 bridgehead atoms. The summed E-state index contributed by atoms with van der Waals surface area (Å²) >= 11 is 2.08. The highest BCUT2D eigenvalue weighted by molar-refractivity contribution is 14.1. The van der Waals surface area contributed by atoms with E-state index in [9.17, 15) is 8.78 Å². The largest absolute Gasteiger partial charge is 0.486 e. The number of halogens is 3. The summed E-state index contributed by atoms with van der Waals surface area (Å²) in [4.78, 5) is 3.98. The van der Waals surface area contributed by atoms with Crippen LogP contribution in [0, 0.1) is 10.5 Å². The fraction of sp³-hybridized carbons (Fsp3) is 0.375. The predicted octanol–water partition coefficient (Wildman–Crippen LogP) is 2.64. The Morgan fingerprint density at radius 3 is 2.85 bits per heavy atom. The summed E-state index contributed by atoms with van der Waals surface area (Å²) in [6, 6.07) is 1.69. The van der Waals surface area contributed by atoms with Crippen LogP contribution in [0.2, 0.25) is 0 Å². The quantitative estimate of drug-likeness (QED) is 0.801. The summed E-state index contributed by atoms with van der Waals surface area (Å²) in [6.07, 6.45) is -1.00. The lowest BCUT2D eigenvalue weighted by molar-refractivity contribution is 0.0817. The van der Waals surface area contributed by atoms with E-state index in [1.165, 1.54) is 6.20 Å². The van der Waals surface area contributed by atoms with Gasteiger partial charge in [0, 0.05) is 3.57 Å². The van der Waals surface area contributed by atoms with Crippen molar-refractivity contribution < 1.29 is 13.5 Å². The number of hydrogen-bond acceptors (Lipinski definition) is 2. The molecule has 0 saturated heterocycles. The summed E-state index contributed by atoms with van der Waals surface area (Å²) in [5.41, 5.74) is 0.866. The third kappa shape index (κ3) is 3.41. The molecule has 1 aromatic rings. The van der Waals surface area contributed by atoms with E-state index in [1.807, 2.05) is 6.92 Å². The molecular formula is C8H8F2INO. The van der Waals surface area contributed by atoms with Gasteiger partial charge in [0.05, 0.1) is 11.9 Å². The van der Waals surface area contributed by atoms with Crippen molar-refractivity contribution in [3.8, 4) is 5.75 Å². The molecule has 13 heavy (non-hydrogen) atoms. The second-order valence-corrected chi connectivity index (χ2v) is 3.60.